The van der Waals surface area contributed by atoms with Crippen LogP contribution in [-0.2, 0) is 21.4 Å². The number of ether oxygens (including phenoxy) is 1. The van der Waals surface area contributed by atoms with Gasteiger partial charge in [-0.05, 0) is 48.9 Å². The number of anilines is 1. The van der Waals surface area contributed by atoms with Crippen LogP contribution in [0.1, 0.15) is 22.5 Å². The van der Waals surface area contributed by atoms with Crippen LogP contribution >= 0.6 is 0 Å². The predicted octanol–water partition coefficient (Wildman–Crippen LogP) is 2.79. The molecule has 0 bridgehead atoms. The number of halogens is 1. The summed E-state index contributed by atoms with van der Waals surface area (Å²) >= 11 is 0. The molecule has 10 heteroatoms. The van der Waals surface area contributed by atoms with Crippen molar-refractivity contribution in [2.75, 3.05) is 18.1 Å². The first kappa shape index (κ1) is 22.2. The Hall–Kier alpha value is -3.63. The van der Waals surface area contributed by atoms with Crippen LogP contribution in [0.5, 0.6) is 5.75 Å². The summed E-state index contributed by atoms with van der Waals surface area (Å²) in [6.45, 7) is 0.443. The molecule has 2 aliphatic rings. The summed E-state index contributed by atoms with van der Waals surface area (Å²) in [5.41, 5.74) is 0.542. The van der Waals surface area contributed by atoms with Crippen molar-refractivity contribution in [1.82, 2.24) is 9.29 Å². The van der Waals surface area contributed by atoms with Crippen LogP contribution in [0.15, 0.2) is 71.6 Å². The van der Waals surface area contributed by atoms with E-state index in [0.717, 1.165) is 0 Å². The number of carbonyl (C=O) groups excluding carboxylic acids is 2. The van der Waals surface area contributed by atoms with E-state index in [9.17, 15) is 22.4 Å². The zero-order valence-electron chi connectivity index (χ0n) is 17.9. The number of rotatable bonds is 7. The highest BCUT2D eigenvalue weighted by Gasteiger charge is 2.41. The minimum absolute atomic E-state index is 0.0000806. The fraction of sp³-hybridized carbons (Fsp3) is 0.208. The number of carbonyl (C=O) groups is 2. The first-order chi connectivity index (χ1) is 16.3. The number of ketones is 1. The van der Waals surface area contributed by atoms with Gasteiger partial charge in [0, 0.05) is 6.54 Å². The molecule has 1 saturated heterocycles. The van der Waals surface area contributed by atoms with Crippen molar-refractivity contribution < 1.29 is 27.1 Å². The minimum atomic E-state index is -3.89. The van der Waals surface area contributed by atoms with Gasteiger partial charge in [-0.25, -0.2) is 13.4 Å². The van der Waals surface area contributed by atoms with E-state index in [4.69, 9.17) is 4.74 Å². The summed E-state index contributed by atoms with van der Waals surface area (Å²) in [6, 6.07) is 17.0. The summed E-state index contributed by atoms with van der Waals surface area (Å²) in [5.74, 6) is -1.66. The van der Waals surface area contributed by atoms with Crippen LogP contribution in [0.25, 0.3) is 0 Å². The van der Waals surface area contributed by atoms with Crippen LogP contribution in [0.4, 0.5) is 10.1 Å². The molecule has 1 fully saturated rings. The molecule has 3 heterocycles. The highest BCUT2D eigenvalue weighted by atomic mass is 32.2. The first-order valence-corrected chi connectivity index (χ1v) is 12.1. The standard InChI is InChI=1S/C24H20FN3O5S/c25-22-8-4-5-16(26-22)14-27-21-10-9-19(13-20(21)23(29)24(27)30)34(31,32)28-12-11-17(28)15-33-18-6-2-1-3-7-18/h1-10,13,17H,11-12,14-15H2/t17-/m0/s1. The summed E-state index contributed by atoms with van der Waals surface area (Å²) in [5, 5.41) is 0. The number of aromatic nitrogens is 1. The van der Waals surface area contributed by atoms with E-state index in [1.54, 1.807) is 18.2 Å². The highest BCUT2D eigenvalue weighted by molar-refractivity contribution is 7.89. The molecule has 1 amide bonds. The molecule has 5 rings (SSSR count). The molecule has 174 valence electrons. The normalized spacial score (nSPS) is 18.0. The van der Waals surface area contributed by atoms with Crippen LogP contribution in [0, 0.1) is 5.95 Å². The van der Waals surface area contributed by atoms with Crippen molar-refractivity contribution in [3.63, 3.8) is 0 Å². The molecule has 0 unspecified atom stereocenters. The zero-order valence-corrected chi connectivity index (χ0v) is 18.7. The van der Waals surface area contributed by atoms with Crippen molar-refractivity contribution in [3.8, 4) is 5.75 Å². The number of hydrogen-bond acceptors (Lipinski definition) is 6. The maximum absolute atomic E-state index is 13.4. The Balaban J connectivity index is 1.36. The summed E-state index contributed by atoms with van der Waals surface area (Å²) < 4.78 is 47.0. The molecule has 1 atom stereocenters. The molecule has 2 aliphatic heterocycles. The monoisotopic (exact) mass is 481 g/mol. The molecule has 2 aromatic carbocycles. The Bertz CT molecular complexity index is 1380. The van der Waals surface area contributed by atoms with Gasteiger partial charge in [-0.3, -0.25) is 14.5 Å². The molecule has 0 spiro atoms. The van der Waals surface area contributed by atoms with Gasteiger partial charge in [0.05, 0.1) is 34.4 Å². The van der Waals surface area contributed by atoms with Gasteiger partial charge in [0.2, 0.25) is 16.0 Å². The summed E-state index contributed by atoms with van der Waals surface area (Å²) in [7, 11) is -3.89. The molecule has 1 aromatic heterocycles. The average Bonchev–Trinajstić information content (AvgIpc) is 3.03. The second-order valence-corrected chi connectivity index (χ2v) is 9.92. The molecule has 0 saturated carbocycles. The third-order valence-corrected chi connectivity index (χ3v) is 7.87. The number of benzene rings is 2. The molecule has 0 aliphatic carbocycles. The van der Waals surface area contributed by atoms with E-state index >= 15 is 0 Å². The third-order valence-electron chi connectivity index (χ3n) is 5.92. The van der Waals surface area contributed by atoms with Crippen LogP contribution in [0.3, 0.4) is 0 Å². The number of fused-ring (bicyclic) bond motifs is 1. The maximum Gasteiger partial charge on any atom is 0.299 e. The third kappa shape index (κ3) is 3.95. The van der Waals surface area contributed by atoms with E-state index in [0.29, 0.717) is 18.7 Å². The topological polar surface area (TPSA) is 96.9 Å². The van der Waals surface area contributed by atoms with Crippen molar-refractivity contribution in [2.45, 2.75) is 23.9 Å². The Morgan fingerprint density at radius 3 is 2.53 bits per heavy atom. The number of nitrogens with zero attached hydrogens (tertiary/aromatic N) is 3. The molecule has 8 nitrogen and oxygen atoms in total. The van der Waals surface area contributed by atoms with Crippen molar-refractivity contribution in [3.05, 3.63) is 83.9 Å². The molecular formula is C24H20FN3O5S. The molecule has 3 aromatic rings. The lowest BCUT2D eigenvalue weighted by atomic mass is 10.1. The second-order valence-electron chi connectivity index (χ2n) is 8.03. The van der Waals surface area contributed by atoms with E-state index in [1.807, 2.05) is 18.2 Å². The Morgan fingerprint density at radius 2 is 1.82 bits per heavy atom. The van der Waals surface area contributed by atoms with Gasteiger partial charge in [-0.2, -0.15) is 8.70 Å². The minimum Gasteiger partial charge on any atom is -0.492 e. The molecule has 34 heavy (non-hydrogen) atoms. The molecule has 0 radical (unpaired) electrons. The largest absolute Gasteiger partial charge is 0.492 e. The lowest BCUT2D eigenvalue weighted by molar-refractivity contribution is -0.114. The van der Waals surface area contributed by atoms with Gasteiger partial charge >= 0.3 is 0 Å². The maximum atomic E-state index is 13.4. The first-order valence-electron chi connectivity index (χ1n) is 10.7. The lowest BCUT2D eigenvalue weighted by Crippen LogP contribution is -2.53. The number of amides is 1. The highest BCUT2D eigenvalue weighted by Crippen LogP contribution is 2.35. The smallest absolute Gasteiger partial charge is 0.299 e. The van der Waals surface area contributed by atoms with Gasteiger partial charge < -0.3 is 4.74 Å². The summed E-state index contributed by atoms with van der Waals surface area (Å²) in [6.07, 6.45) is 0.656. The van der Waals surface area contributed by atoms with E-state index in [-0.39, 0.29) is 41.0 Å². The fourth-order valence-corrected chi connectivity index (χ4v) is 5.72. The van der Waals surface area contributed by atoms with Crippen LogP contribution in [-0.4, -0.2) is 48.6 Å². The van der Waals surface area contributed by atoms with Gasteiger partial charge in [-0.15, -0.1) is 0 Å². The average molecular weight is 482 g/mol. The van der Waals surface area contributed by atoms with E-state index < -0.39 is 27.7 Å². The van der Waals surface area contributed by atoms with Gasteiger partial charge in [0.15, 0.2) is 0 Å². The van der Waals surface area contributed by atoms with Crippen molar-refractivity contribution >= 4 is 27.4 Å². The second kappa shape index (κ2) is 8.62. The number of Topliss-reactive ketones (excluding diaryl/α,β-unsaturated/α-hetero) is 1. The van der Waals surface area contributed by atoms with Gasteiger partial charge in [0.25, 0.3) is 11.7 Å². The van der Waals surface area contributed by atoms with Crippen molar-refractivity contribution in [1.29, 1.82) is 0 Å². The number of pyridine rings is 1. The summed E-state index contributed by atoms with van der Waals surface area (Å²) in [4.78, 5) is 30.0. The van der Waals surface area contributed by atoms with Gasteiger partial charge in [-0.1, -0.05) is 24.3 Å². The zero-order chi connectivity index (χ0) is 23.9. The van der Waals surface area contributed by atoms with Crippen LogP contribution in [0.2, 0.25) is 0 Å². The number of sulfonamides is 1. The fourth-order valence-electron chi connectivity index (χ4n) is 4.04. The quantitative estimate of drug-likeness (QED) is 0.380. The predicted molar refractivity (Wildman–Crippen MR) is 120 cm³/mol. The number of hydrogen-bond donors (Lipinski definition) is 0. The van der Waals surface area contributed by atoms with Gasteiger partial charge in [0.1, 0.15) is 12.4 Å². The molecule has 0 N–H and O–H groups in total. The Kier molecular flexibility index (Phi) is 5.62. The van der Waals surface area contributed by atoms with E-state index in [1.165, 1.54) is 39.5 Å². The van der Waals surface area contributed by atoms with E-state index in [2.05, 4.69) is 4.98 Å². The SMILES string of the molecule is O=C1C(=O)N(Cc2cccc(F)n2)c2ccc(S(=O)(=O)N3CC[C@H]3COc3ccccc3)cc21. The Morgan fingerprint density at radius 1 is 1.03 bits per heavy atom. The Labute approximate surface area is 195 Å². The van der Waals surface area contributed by atoms with Crippen LogP contribution < -0.4 is 9.64 Å². The lowest BCUT2D eigenvalue weighted by Gasteiger charge is -2.39. The molecular weight excluding hydrogens is 461 g/mol. The number of para-hydroxylation sites is 1. The van der Waals surface area contributed by atoms with Crippen molar-refractivity contribution in [2.24, 2.45) is 0 Å².